The van der Waals surface area contributed by atoms with Crippen LogP contribution in [0.1, 0.15) is 0 Å². The summed E-state index contributed by atoms with van der Waals surface area (Å²) >= 11 is 5.20. The maximum absolute atomic E-state index is 5.07. The molecule has 0 bridgehead atoms. The van der Waals surface area contributed by atoms with Crippen molar-refractivity contribution in [1.82, 2.24) is 14.5 Å². The van der Waals surface area contributed by atoms with E-state index in [4.69, 9.17) is 9.97 Å². The van der Waals surface area contributed by atoms with Crippen LogP contribution in [0.15, 0.2) is 137 Å². The SMILES string of the molecule is c1ccc(-c2cc(-c3ccsc3)cc(-n3c4ccccc4c4ccc(-c5nc6ccc(-c7ccsc7)cc6s5)cc43)c2)nc1. The highest BCUT2D eigenvalue weighted by Gasteiger charge is 2.17. The number of pyridine rings is 1. The Hall–Kier alpha value is -4.88. The summed E-state index contributed by atoms with van der Waals surface area (Å²) in [4.78, 5) is 9.78. The van der Waals surface area contributed by atoms with E-state index in [0.29, 0.717) is 0 Å². The van der Waals surface area contributed by atoms with Crippen molar-refractivity contribution in [1.29, 1.82) is 0 Å². The zero-order chi connectivity index (χ0) is 29.0. The summed E-state index contributed by atoms with van der Waals surface area (Å²) in [6, 6.07) is 39.3. The van der Waals surface area contributed by atoms with Gasteiger partial charge in [-0.15, -0.1) is 11.3 Å². The van der Waals surface area contributed by atoms with Crippen LogP contribution in [0.4, 0.5) is 0 Å². The van der Waals surface area contributed by atoms with Crippen molar-refractivity contribution in [2.75, 3.05) is 0 Å². The lowest BCUT2D eigenvalue weighted by Crippen LogP contribution is -1.96. The molecule has 9 aromatic rings. The van der Waals surface area contributed by atoms with Crippen LogP contribution in [0.3, 0.4) is 0 Å². The highest BCUT2D eigenvalue weighted by atomic mass is 32.1. The summed E-state index contributed by atoms with van der Waals surface area (Å²) in [6.07, 6.45) is 1.86. The lowest BCUT2D eigenvalue weighted by Gasteiger charge is -2.13. The van der Waals surface area contributed by atoms with E-state index in [1.165, 1.54) is 43.2 Å². The predicted molar refractivity (Wildman–Crippen MR) is 189 cm³/mol. The van der Waals surface area contributed by atoms with Crippen molar-refractivity contribution in [2.45, 2.75) is 0 Å². The summed E-state index contributed by atoms with van der Waals surface area (Å²) in [5.74, 6) is 0. The quantitative estimate of drug-likeness (QED) is 0.192. The molecule has 3 nitrogen and oxygen atoms in total. The number of hydrogen-bond donors (Lipinski definition) is 0. The lowest BCUT2D eigenvalue weighted by molar-refractivity contribution is 1.18. The molecular weight excluding hydrogens is 595 g/mol. The van der Waals surface area contributed by atoms with Gasteiger partial charge in [0.05, 0.1) is 26.9 Å². The van der Waals surface area contributed by atoms with Crippen LogP contribution in [0.5, 0.6) is 0 Å². The second kappa shape index (κ2) is 10.4. The molecule has 0 amide bonds. The molecule has 0 aliphatic carbocycles. The van der Waals surface area contributed by atoms with Crippen molar-refractivity contribution in [3.63, 3.8) is 0 Å². The molecular formula is C38H23N3S3. The lowest BCUT2D eigenvalue weighted by atomic mass is 10.0. The first-order valence-electron chi connectivity index (χ1n) is 14.3. The molecule has 0 aliphatic rings. The fraction of sp³-hybridized carbons (Fsp3) is 0. The van der Waals surface area contributed by atoms with Gasteiger partial charge in [0.25, 0.3) is 0 Å². The summed E-state index contributed by atoms with van der Waals surface area (Å²) in [5.41, 5.74) is 12.6. The van der Waals surface area contributed by atoms with E-state index in [0.717, 1.165) is 38.5 Å². The first-order chi connectivity index (χ1) is 21.8. The summed E-state index contributed by atoms with van der Waals surface area (Å²) in [5, 5.41) is 12.2. The Bertz CT molecular complexity index is 2430. The largest absolute Gasteiger partial charge is 0.309 e. The number of para-hydroxylation sites is 1. The number of aromatic nitrogens is 3. The Balaban J connectivity index is 1.26. The van der Waals surface area contributed by atoms with E-state index in [-0.39, 0.29) is 0 Å². The van der Waals surface area contributed by atoms with Crippen LogP contribution in [0.2, 0.25) is 0 Å². The summed E-state index contributed by atoms with van der Waals surface area (Å²) < 4.78 is 3.60. The molecule has 0 fully saturated rings. The number of benzene rings is 4. The number of rotatable bonds is 5. The molecule has 0 N–H and O–H groups in total. The van der Waals surface area contributed by atoms with Gasteiger partial charge in [0.2, 0.25) is 0 Å². The van der Waals surface area contributed by atoms with Gasteiger partial charge in [0.1, 0.15) is 5.01 Å². The third kappa shape index (κ3) is 4.30. The van der Waals surface area contributed by atoms with E-state index < -0.39 is 0 Å². The smallest absolute Gasteiger partial charge is 0.124 e. The molecule has 5 heterocycles. The second-order valence-electron chi connectivity index (χ2n) is 10.8. The van der Waals surface area contributed by atoms with Crippen molar-refractivity contribution in [3.8, 4) is 49.8 Å². The predicted octanol–water partition coefficient (Wildman–Crippen LogP) is 11.6. The average molecular weight is 618 g/mol. The molecule has 0 radical (unpaired) electrons. The van der Waals surface area contributed by atoms with Gasteiger partial charge in [0.15, 0.2) is 0 Å². The minimum atomic E-state index is 0.962. The number of thiazole rings is 1. The van der Waals surface area contributed by atoms with Gasteiger partial charge >= 0.3 is 0 Å². The molecule has 0 saturated heterocycles. The topological polar surface area (TPSA) is 30.7 Å². The third-order valence-electron chi connectivity index (χ3n) is 8.15. The summed E-state index contributed by atoms with van der Waals surface area (Å²) in [6.45, 7) is 0. The van der Waals surface area contributed by atoms with E-state index >= 15 is 0 Å². The van der Waals surface area contributed by atoms with E-state index in [2.05, 4.69) is 123 Å². The minimum Gasteiger partial charge on any atom is -0.309 e. The number of thiophene rings is 2. The highest BCUT2D eigenvalue weighted by Crippen LogP contribution is 2.39. The van der Waals surface area contributed by atoms with E-state index in [1.54, 1.807) is 34.0 Å². The fourth-order valence-corrected chi connectivity index (χ4v) is 8.39. The Morgan fingerprint density at radius 2 is 1.32 bits per heavy atom. The van der Waals surface area contributed by atoms with Crippen LogP contribution in [-0.2, 0) is 0 Å². The Morgan fingerprint density at radius 1 is 0.545 bits per heavy atom. The van der Waals surface area contributed by atoms with E-state index in [9.17, 15) is 0 Å². The van der Waals surface area contributed by atoms with Crippen LogP contribution in [0, 0.1) is 0 Å². The second-order valence-corrected chi connectivity index (χ2v) is 13.4. The highest BCUT2D eigenvalue weighted by molar-refractivity contribution is 7.21. The third-order valence-corrected chi connectivity index (χ3v) is 10.6. The molecule has 208 valence electrons. The Morgan fingerprint density at radius 3 is 2.14 bits per heavy atom. The minimum absolute atomic E-state index is 0.962. The maximum atomic E-state index is 5.07. The van der Waals surface area contributed by atoms with Gasteiger partial charge in [-0.3, -0.25) is 4.98 Å². The molecule has 5 aromatic heterocycles. The van der Waals surface area contributed by atoms with Crippen LogP contribution in [-0.4, -0.2) is 14.5 Å². The van der Waals surface area contributed by atoms with Crippen LogP contribution < -0.4 is 0 Å². The van der Waals surface area contributed by atoms with Crippen LogP contribution >= 0.6 is 34.0 Å². The van der Waals surface area contributed by atoms with Gasteiger partial charge < -0.3 is 4.57 Å². The number of nitrogens with zero attached hydrogens (tertiary/aromatic N) is 3. The molecule has 44 heavy (non-hydrogen) atoms. The van der Waals surface area contributed by atoms with Crippen LogP contribution in [0.25, 0.3) is 81.8 Å². The molecule has 6 heteroatoms. The van der Waals surface area contributed by atoms with Gasteiger partial charge in [0, 0.05) is 33.8 Å². The molecule has 0 spiro atoms. The molecule has 0 atom stereocenters. The standard InChI is InChI=1S/C38H23N3S3/c1-2-7-35-31(5-1)32-10-8-25(38-40-34-11-9-24(21-37(34)44-38)26-12-15-42-22-26)20-36(32)41(35)30-18-28(27-13-16-43-23-27)17-29(19-30)33-6-3-4-14-39-33/h1-23H. The van der Waals surface area contributed by atoms with Crippen molar-refractivity contribution >= 4 is 66.0 Å². The Labute approximate surface area is 266 Å². The number of fused-ring (bicyclic) bond motifs is 4. The summed E-state index contributed by atoms with van der Waals surface area (Å²) in [7, 11) is 0. The molecule has 0 unspecified atom stereocenters. The zero-order valence-corrected chi connectivity index (χ0v) is 25.8. The molecule has 0 saturated carbocycles. The van der Waals surface area contributed by atoms with Crippen molar-refractivity contribution in [3.05, 3.63) is 137 Å². The fourth-order valence-electron chi connectivity index (χ4n) is 6.06. The first-order valence-corrected chi connectivity index (χ1v) is 17.0. The van der Waals surface area contributed by atoms with Crippen molar-refractivity contribution < 1.29 is 0 Å². The van der Waals surface area contributed by atoms with Gasteiger partial charge in [-0.25, -0.2) is 4.98 Å². The zero-order valence-electron chi connectivity index (χ0n) is 23.3. The van der Waals surface area contributed by atoms with Gasteiger partial charge in [-0.1, -0.05) is 42.5 Å². The first kappa shape index (κ1) is 25.6. The average Bonchev–Trinajstić information content (AvgIpc) is 3.90. The van der Waals surface area contributed by atoms with Gasteiger partial charge in [-0.2, -0.15) is 22.7 Å². The monoisotopic (exact) mass is 617 g/mol. The molecule has 9 rings (SSSR count). The number of hydrogen-bond acceptors (Lipinski definition) is 5. The van der Waals surface area contributed by atoms with Gasteiger partial charge in [-0.05, 0) is 111 Å². The molecule has 4 aromatic carbocycles. The molecule has 0 aliphatic heterocycles. The van der Waals surface area contributed by atoms with Crippen molar-refractivity contribution in [2.24, 2.45) is 0 Å². The Kier molecular flexibility index (Phi) is 6.04. The maximum Gasteiger partial charge on any atom is 0.124 e. The normalized spacial score (nSPS) is 11.6. The van der Waals surface area contributed by atoms with E-state index in [1.807, 2.05) is 18.3 Å².